The van der Waals surface area contributed by atoms with Gasteiger partial charge in [0.1, 0.15) is 11.6 Å². The van der Waals surface area contributed by atoms with Crippen molar-refractivity contribution in [2.45, 2.75) is 83.2 Å². The third-order valence-electron chi connectivity index (χ3n) is 9.06. The molecule has 5 rings (SSSR count). The summed E-state index contributed by atoms with van der Waals surface area (Å²) in [6, 6.07) is 6.02. The van der Waals surface area contributed by atoms with E-state index in [0.717, 1.165) is 19.3 Å². The highest BCUT2D eigenvalue weighted by molar-refractivity contribution is 6.30. The predicted molar refractivity (Wildman–Crippen MR) is 138 cm³/mol. The second kappa shape index (κ2) is 9.49. The van der Waals surface area contributed by atoms with Gasteiger partial charge >= 0.3 is 0 Å². The summed E-state index contributed by atoms with van der Waals surface area (Å²) < 4.78 is 6.42. The van der Waals surface area contributed by atoms with Crippen LogP contribution in [0.15, 0.2) is 36.4 Å². The first-order valence-electron chi connectivity index (χ1n) is 13.2. The molecule has 2 saturated heterocycles. The lowest BCUT2D eigenvalue weighted by Crippen LogP contribution is -2.59. The third kappa shape index (κ3) is 3.95. The fraction of sp³-hybridized carbons (Fsp3) is 0.607. The van der Waals surface area contributed by atoms with E-state index in [1.54, 1.807) is 29.2 Å². The molecule has 7 nitrogen and oxygen atoms in total. The van der Waals surface area contributed by atoms with E-state index in [1.165, 1.54) is 0 Å². The summed E-state index contributed by atoms with van der Waals surface area (Å²) in [5.41, 5.74) is -0.581. The molecule has 36 heavy (non-hydrogen) atoms. The molecule has 194 valence electrons. The van der Waals surface area contributed by atoms with Crippen molar-refractivity contribution in [1.29, 1.82) is 0 Å². The van der Waals surface area contributed by atoms with Gasteiger partial charge in [-0.15, -0.1) is 0 Å². The molecule has 3 amide bonds. The zero-order valence-electron chi connectivity index (χ0n) is 21.4. The van der Waals surface area contributed by atoms with Crippen LogP contribution in [0.1, 0.15) is 53.4 Å². The van der Waals surface area contributed by atoms with Crippen molar-refractivity contribution in [3.63, 3.8) is 0 Å². The number of amides is 3. The lowest BCUT2D eigenvalue weighted by Gasteiger charge is -2.39. The molecule has 1 saturated carbocycles. The average Bonchev–Trinajstić information content (AvgIpc) is 3.49. The minimum Gasteiger partial charge on any atom is -0.359 e. The third-order valence-corrected chi connectivity index (χ3v) is 9.29. The van der Waals surface area contributed by atoms with Gasteiger partial charge in [0, 0.05) is 22.8 Å². The van der Waals surface area contributed by atoms with Crippen molar-refractivity contribution >= 4 is 35.0 Å². The average molecular weight is 514 g/mol. The highest BCUT2D eigenvalue weighted by Gasteiger charge is 2.73. The Kier molecular flexibility index (Phi) is 6.66. The van der Waals surface area contributed by atoms with Crippen LogP contribution in [0, 0.1) is 23.7 Å². The molecule has 3 aliphatic heterocycles. The monoisotopic (exact) mass is 513 g/mol. The number of nitrogens with one attached hydrogen (secondary N) is 2. The lowest BCUT2D eigenvalue weighted by molar-refractivity contribution is -0.144. The zero-order valence-corrected chi connectivity index (χ0v) is 22.1. The number of nitrogens with zero attached hydrogens (tertiary/aromatic N) is 1. The molecule has 1 aromatic rings. The second-order valence-corrected chi connectivity index (χ2v) is 11.5. The van der Waals surface area contributed by atoms with E-state index in [2.05, 4.69) is 24.5 Å². The maximum Gasteiger partial charge on any atom is 0.246 e. The molecule has 0 radical (unpaired) electrons. The van der Waals surface area contributed by atoms with Gasteiger partial charge in [0.25, 0.3) is 0 Å². The summed E-state index contributed by atoms with van der Waals surface area (Å²) >= 11 is 6.09. The Hall–Kier alpha value is -2.38. The summed E-state index contributed by atoms with van der Waals surface area (Å²) in [5, 5.41) is 6.71. The molecular weight excluding hydrogens is 478 g/mol. The molecule has 0 aromatic heterocycles. The number of fused-ring (bicyclic) bond motifs is 1. The van der Waals surface area contributed by atoms with Crippen LogP contribution in [0.4, 0.5) is 5.69 Å². The first kappa shape index (κ1) is 25.3. The van der Waals surface area contributed by atoms with Crippen molar-refractivity contribution in [1.82, 2.24) is 10.2 Å². The predicted octanol–water partition coefficient (Wildman–Crippen LogP) is 4.17. The van der Waals surface area contributed by atoms with Crippen molar-refractivity contribution in [2.24, 2.45) is 23.7 Å². The molecule has 3 heterocycles. The number of likely N-dealkylation sites (tertiary alicyclic amines) is 1. The van der Waals surface area contributed by atoms with Gasteiger partial charge in [-0.05, 0) is 49.8 Å². The number of hydrogen-bond donors (Lipinski definition) is 2. The molecule has 3 fully saturated rings. The fourth-order valence-corrected chi connectivity index (χ4v) is 6.91. The van der Waals surface area contributed by atoms with Crippen LogP contribution >= 0.6 is 11.6 Å². The van der Waals surface area contributed by atoms with E-state index in [-0.39, 0.29) is 29.8 Å². The number of carbonyl (C=O) groups excluding carboxylic acids is 3. The topological polar surface area (TPSA) is 87.7 Å². The van der Waals surface area contributed by atoms with E-state index in [4.69, 9.17) is 16.3 Å². The van der Waals surface area contributed by atoms with Crippen molar-refractivity contribution < 1.29 is 19.1 Å². The SMILES string of the molecule is CC[C@H](C)N1C(=O)[C@H]2[C@H](C(=O)Nc3cccc(Cl)c3)[C@H]3C=C[C@@]2(O3)[C@@H]1C(=O)N[C@@H]1CCC[C@@H](C)[C@H]1C. The number of ether oxygens (including phenoxy) is 1. The minimum absolute atomic E-state index is 0.0649. The number of hydrogen-bond acceptors (Lipinski definition) is 4. The quantitative estimate of drug-likeness (QED) is 0.559. The van der Waals surface area contributed by atoms with Gasteiger partial charge < -0.3 is 20.3 Å². The van der Waals surface area contributed by atoms with E-state index in [9.17, 15) is 14.4 Å². The van der Waals surface area contributed by atoms with Crippen LogP contribution < -0.4 is 10.6 Å². The highest BCUT2D eigenvalue weighted by Crippen LogP contribution is 2.56. The molecular formula is C28H36ClN3O4. The molecule has 2 N–H and O–H groups in total. The van der Waals surface area contributed by atoms with E-state index in [0.29, 0.717) is 29.0 Å². The number of halogens is 1. The smallest absolute Gasteiger partial charge is 0.246 e. The van der Waals surface area contributed by atoms with E-state index < -0.39 is 29.6 Å². The molecule has 8 heteroatoms. The number of benzene rings is 1. The zero-order chi connectivity index (χ0) is 25.8. The van der Waals surface area contributed by atoms with E-state index in [1.807, 2.05) is 26.0 Å². The highest BCUT2D eigenvalue weighted by atomic mass is 35.5. The number of anilines is 1. The van der Waals surface area contributed by atoms with Gasteiger partial charge in [-0.2, -0.15) is 0 Å². The van der Waals surface area contributed by atoms with Crippen LogP contribution in [-0.2, 0) is 19.1 Å². The van der Waals surface area contributed by atoms with Crippen molar-refractivity contribution in [3.05, 3.63) is 41.4 Å². The maximum absolute atomic E-state index is 13.9. The molecule has 9 atom stereocenters. The van der Waals surface area contributed by atoms with Crippen LogP contribution in [0.25, 0.3) is 0 Å². The Labute approximate surface area is 218 Å². The molecule has 4 aliphatic rings. The normalized spacial score (nSPS) is 37.6. The summed E-state index contributed by atoms with van der Waals surface area (Å²) in [7, 11) is 0. The van der Waals surface area contributed by atoms with Gasteiger partial charge in [-0.3, -0.25) is 14.4 Å². The molecule has 2 bridgehead atoms. The van der Waals surface area contributed by atoms with Crippen LogP contribution in [0.3, 0.4) is 0 Å². The summed E-state index contributed by atoms with van der Waals surface area (Å²) in [5.74, 6) is -1.25. The van der Waals surface area contributed by atoms with Crippen LogP contribution in [0.2, 0.25) is 5.02 Å². The largest absolute Gasteiger partial charge is 0.359 e. The minimum atomic E-state index is -1.14. The standard InChI is InChI=1S/C28H36ClN3O4/c1-5-16(3)32-24(26(34)31-20-11-6-8-15(2)17(20)4)28-13-12-21(36-28)22(23(28)27(32)35)25(33)30-19-10-7-9-18(29)14-19/h7,9-10,12-17,20-24H,5-6,8,11H2,1-4H3,(H,30,33)(H,31,34)/t15-,16+,17-,20-,21-,22-,23-,24+,28+/m1/s1. The Morgan fingerprint density at radius 2 is 2.03 bits per heavy atom. The molecule has 0 unspecified atom stereocenters. The summed E-state index contributed by atoms with van der Waals surface area (Å²) in [4.78, 5) is 43.0. The van der Waals surface area contributed by atoms with Crippen LogP contribution in [-0.4, -0.2) is 52.5 Å². The molecule has 1 spiro atoms. The van der Waals surface area contributed by atoms with Crippen LogP contribution in [0.5, 0.6) is 0 Å². The first-order chi connectivity index (χ1) is 17.2. The van der Waals surface area contributed by atoms with Crippen molar-refractivity contribution in [3.8, 4) is 0 Å². The summed E-state index contributed by atoms with van der Waals surface area (Å²) in [6.45, 7) is 8.38. The summed E-state index contributed by atoms with van der Waals surface area (Å²) in [6.07, 6.45) is 7.02. The van der Waals surface area contributed by atoms with Gasteiger partial charge in [0.15, 0.2) is 0 Å². The Bertz CT molecular complexity index is 1090. The van der Waals surface area contributed by atoms with E-state index >= 15 is 0 Å². The van der Waals surface area contributed by atoms with Crippen molar-refractivity contribution in [2.75, 3.05) is 5.32 Å². The second-order valence-electron chi connectivity index (χ2n) is 11.1. The Balaban J connectivity index is 1.45. The van der Waals surface area contributed by atoms with Gasteiger partial charge in [0.05, 0.1) is 17.9 Å². The first-order valence-corrected chi connectivity index (χ1v) is 13.6. The molecule has 1 aliphatic carbocycles. The Morgan fingerprint density at radius 1 is 1.25 bits per heavy atom. The fourth-order valence-electron chi connectivity index (χ4n) is 6.72. The molecule has 1 aromatic carbocycles. The Morgan fingerprint density at radius 3 is 2.75 bits per heavy atom. The van der Waals surface area contributed by atoms with Gasteiger partial charge in [-0.1, -0.05) is 63.4 Å². The maximum atomic E-state index is 13.9. The number of rotatable bonds is 6. The lowest BCUT2D eigenvalue weighted by atomic mass is 9.73. The van der Waals surface area contributed by atoms with Gasteiger partial charge in [-0.25, -0.2) is 0 Å². The van der Waals surface area contributed by atoms with Gasteiger partial charge in [0.2, 0.25) is 17.7 Å². The number of carbonyl (C=O) groups is 3.